The Morgan fingerprint density at radius 2 is 1.76 bits per heavy atom. The Balaban J connectivity index is 1.99. The van der Waals surface area contributed by atoms with Crippen LogP contribution in [-0.2, 0) is 4.79 Å². The van der Waals surface area contributed by atoms with Crippen molar-refractivity contribution >= 4 is 56.4 Å². The molecule has 2 rings (SSSR count). The maximum atomic E-state index is 12.2. The molecule has 5 nitrogen and oxygen atoms in total. The quantitative estimate of drug-likeness (QED) is 0.648. The largest absolute Gasteiger partial charge is 0.332 e. The second-order valence-corrected chi connectivity index (χ2v) is 6.62. The molecule has 0 aliphatic rings. The van der Waals surface area contributed by atoms with Gasteiger partial charge in [-0.1, -0.05) is 35.0 Å². The van der Waals surface area contributed by atoms with Crippen molar-refractivity contribution < 1.29 is 9.59 Å². The fourth-order valence-corrected chi connectivity index (χ4v) is 2.59. The highest BCUT2D eigenvalue weighted by atomic mass is 79.9. The summed E-state index contributed by atoms with van der Waals surface area (Å²) >= 11 is 8.59. The molecule has 0 atom stereocenters. The zero-order chi connectivity index (χ0) is 18.4. The van der Waals surface area contributed by atoms with Crippen LogP contribution in [0.1, 0.15) is 29.3 Å². The first-order valence-electron chi connectivity index (χ1n) is 7.67. The standard InChI is InChI=1S/C18H18BrN3O2S/c1-3-16(23)20-13-5-4-6-14(10-13)21-18(25)22-17(24)12-8-7-11(2)15(19)9-12/h4-10H,3H2,1-2H3,(H,20,23)(H2,21,22,24,25). The molecule has 0 aliphatic heterocycles. The number of anilines is 2. The predicted octanol–water partition coefficient (Wildman–Crippen LogP) is 4.23. The van der Waals surface area contributed by atoms with Crippen molar-refractivity contribution in [1.29, 1.82) is 0 Å². The molecule has 0 saturated carbocycles. The highest BCUT2D eigenvalue weighted by Crippen LogP contribution is 2.18. The van der Waals surface area contributed by atoms with E-state index in [1.54, 1.807) is 43.3 Å². The van der Waals surface area contributed by atoms with Crippen LogP contribution in [0.25, 0.3) is 0 Å². The summed E-state index contributed by atoms with van der Waals surface area (Å²) in [6.07, 6.45) is 0.401. The van der Waals surface area contributed by atoms with Gasteiger partial charge in [0.2, 0.25) is 5.91 Å². The van der Waals surface area contributed by atoms with Gasteiger partial charge in [-0.2, -0.15) is 0 Å². The summed E-state index contributed by atoms with van der Waals surface area (Å²) in [5.74, 6) is -0.369. The number of nitrogens with one attached hydrogen (secondary N) is 3. The van der Waals surface area contributed by atoms with Gasteiger partial charge >= 0.3 is 0 Å². The first-order chi connectivity index (χ1) is 11.9. The van der Waals surface area contributed by atoms with Crippen LogP contribution in [0.4, 0.5) is 11.4 Å². The van der Waals surface area contributed by atoms with E-state index in [4.69, 9.17) is 12.2 Å². The maximum absolute atomic E-state index is 12.2. The number of hydrogen-bond donors (Lipinski definition) is 3. The summed E-state index contributed by atoms with van der Waals surface area (Å²) in [6, 6.07) is 12.4. The molecule has 25 heavy (non-hydrogen) atoms. The molecule has 0 fully saturated rings. The molecule has 3 N–H and O–H groups in total. The van der Waals surface area contributed by atoms with Gasteiger partial charge in [-0.25, -0.2) is 0 Å². The normalized spacial score (nSPS) is 10.0. The lowest BCUT2D eigenvalue weighted by Crippen LogP contribution is -2.34. The van der Waals surface area contributed by atoms with Crippen LogP contribution in [0, 0.1) is 6.92 Å². The highest BCUT2D eigenvalue weighted by molar-refractivity contribution is 9.10. The first kappa shape index (κ1) is 19.1. The minimum Gasteiger partial charge on any atom is -0.332 e. The van der Waals surface area contributed by atoms with Gasteiger partial charge in [0, 0.05) is 27.8 Å². The molecule has 0 saturated heterocycles. The smallest absolute Gasteiger partial charge is 0.257 e. The molecule has 2 amide bonds. The van der Waals surface area contributed by atoms with E-state index in [9.17, 15) is 9.59 Å². The number of carbonyl (C=O) groups is 2. The molecule has 2 aromatic carbocycles. The van der Waals surface area contributed by atoms with Crippen molar-refractivity contribution in [3.8, 4) is 0 Å². The van der Waals surface area contributed by atoms with Gasteiger partial charge in [-0.05, 0) is 55.0 Å². The number of carbonyl (C=O) groups excluding carboxylic acids is 2. The van der Waals surface area contributed by atoms with E-state index in [0.717, 1.165) is 10.0 Å². The Labute approximate surface area is 160 Å². The zero-order valence-electron chi connectivity index (χ0n) is 13.9. The Kier molecular flexibility index (Phi) is 6.66. The fraction of sp³-hybridized carbons (Fsp3) is 0.167. The summed E-state index contributed by atoms with van der Waals surface area (Å²) in [4.78, 5) is 23.7. The lowest BCUT2D eigenvalue weighted by Gasteiger charge is -2.11. The van der Waals surface area contributed by atoms with Crippen LogP contribution < -0.4 is 16.0 Å². The van der Waals surface area contributed by atoms with Crippen molar-refractivity contribution in [2.45, 2.75) is 20.3 Å². The number of amides is 2. The number of thiocarbonyl (C=S) groups is 1. The summed E-state index contributed by atoms with van der Waals surface area (Å²) in [7, 11) is 0. The van der Waals surface area contributed by atoms with Crippen molar-refractivity contribution in [3.05, 3.63) is 58.1 Å². The number of benzene rings is 2. The summed E-state index contributed by atoms with van der Waals surface area (Å²) in [5.41, 5.74) is 2.88. The number of halogens is 1. The summed E-state index contributed by atoms with van der Waals surface area (Å²) < 4.78 is 0.860. The topological polar surface area (TPSA) is 70.2 Å². The minimum atomic E-state index is -0.298. The van der Waals surface area contributed by atoms with Gasteiger partial charge < -0.3 is 10.6 Å². The van der Waals surface area contributed by atoms with Crippen molar-refractivity contribution in [2.75, 3.05) is 10.6 Å². The van der Waals surface area contributed by atoms with E-state index in [0.29, 0.717) is 23.4 Å². The Bertz CT molecular complexity index is 824. The van der Waals surface area contributed by atoms with E-state index in [1.165, 1.54) is 0 Å². The number of rotatable bonds is 4. The maximum Gasteiger partial charge on any atom is 0.257 e. The zero-order valence-corrected chi connectivity index (χ0v) is 16.3. The van der Waals surface area contributed by atoms with Crippen molar-refractivity contribution in [1.82, 2.24) is 5.32 Å². The minimum absolute atomic E-state index is 0.0713. The van der Waals surface area contributed by atoms with E-state index in [2.05, 4.69) is 31.9 Å². The lowest BCUT2D eigenvalue weighted by molar-refractivity contribution is -0.115. The van der Waals surface area contributed by atoms with Crippen molar-refractivity contribution in [2.24, 2.45) is 0 Å². The Hall–Kier alpha value is -2.25. The van der Waals surface area contributed by atoms with E-state index in [1.807, 2.05) is 13.0 Å². The Morgan fingerprint density at radius 3 is 2.40 bits per heavy atom. The molecular weight excluding hydrogens is 402 g/mol. The number of hydrogen-bond acceptors (Lipinski definition) is 3. The highest BCUT2D eigenvalue weighted by Gasteiger charge is 2.09. The van der Waals surface area contributed by atoms with Gasteiger partial charge in [0.05, 0.1) is 0 Å². The third kappa shape index (κ3) is 5.65. The second-order valence-electron chi connectivity index (χ2n) is 5.35. The second kappa shape index (κ2) is 8.73. The van der Waals surface area contributed by atoms with Crippen LogP contribution in [0.5, 0.6) is 0 Å². The van der Waals surface area contributed by atoms with E-state index in [-0.39, 0.29) is 16.9 Å². The van der Waals surface area contributed by atoms with Crippen LogP contribution in [0.3, 0.4) is 0 Å². The van der Waals surface area contributed by atoms with E-state index >= 15 is 0 Å². The average Bonchev–Trinajstić information content (AvgIpc) is 2.57. The van der Waals surface area contributed by atoms with Crippen LogP contribution in [0.15, 0.2) is 46.9 Å². The van der Waals surface area contributed by atoms with Crippen LogP contribution in [0.2, 0.25) is 0 Å². The lowest BCUT2D eigenvalue weighted by atomic mass is 10.1. The monoisotopic (exact) mass is 419 g/mol. The molecular formula is C18H18BrN3O2S. The van der Waals surface area contributed by atoms with Crippen LogP contribution in [-0.4, -0.2) is 16.9 Å². The molecule has 0 spiro atoms. The average molecular weight is 420 g/mol. The molecule has 0 unspecified atom stereocenters. The first-order valence-corrected chi connectivity index (χ1v) is 8.87. The molecule has 0 bridgehead atoms. The van der Waals surface area contributed by atoms with Crippen LogP contribution >= 0.6 is 28.1 Å². The van der Waals surface area contributed by atoms with Gasteiger partial charge in [0.15, 0.2) is 5.11 Å². The third-order valence-corrected chi connectivity index (χ3v) is 4.44. The number of aryl methyl sites for hydroxylation is 1. The Morgan fingerprint density at radius 1 is 1.08 bits per heavy atom. The predicted molar refractivity (Wildman–Crippen MR) is 108 cm³/mol. The van der Waals surface area contributed by atoms with Gasteiger partial charge in [-0.15, -0.1) is 0 Å². The summed E-state index contributed by atoms with van der Waals surface area (Å²) in [6.45, 7) is 3.73. The molecule has 2 aromatic rings. The van der Waals surface area contributed by atoms with Crippen molar-refractivity contribution in [3.63, 3.8) is 0 Å². The molecule has 0 aliphatic carbocycles. The molecule has 130 valence electrons. The van der Waals surface area contributed by atoms with E-state index < -0.39 is 0 Å². The van der Waals surface area contributed by atoms with Gasteiger partial charge in [-0.3, -0.25) is 14.9 Å². The van der Waals surface area contributed by atoms with Gasteiger partial charge in [0.1, 0.15) is 0 Å². The molecule has 0 aromatic heterocycles. The SMILES string of the molecule is CCC(=O)Nc1cccc(NC(=S)NC(=O)c2ccc(C)c(Br)c2)c1. The third-order valence-electron chi connectivity index (χ3n) is 3.39. The molecule has 0 heterocycles. The molecule has 0 radical (unpaired) electrons. The molecule has 7 heteroatoms. The summed E-state index contributed by atoms with van der Waals surface area (Å²) in [5, 5.41) is 8.52. The fourth-order valence-electron chi connectivity index (χ4n) is 2.00. The van der Waals surface area contributed by atoms with Gasteiger partial charge in [0.25, 0.3) is 5.91 Å².